The number of aromatic nitrogens is 4. The second kappa shape index (κ2) is 7.47. The van der Waals surface area contributed by atoms with Gasteiger partial charge in [-0.2, -0.15) is 10.2 Å². The molecule has 9 heteroatoms. The Labute approximate surface area is 207 Å². The van der Waals surface area contributed by atoms with Crippen LogP contribution in [0.25, 0.3) is 22.0 Å². The van der Waals surface area contributed by atoms with E-state index in [-0.39, 0.29) is 11.5 Å². The largest absolute Gasteiger partial charge is 0.444 e. The van der Waals surface area contributed by atoms with Crippen LogP contribution in [0.15, 0.2) is 16.9 Å². The third kappa shape index (κ3) is 3.66. The number of hydrogen-bond donors (Lipinski definition) is 0. The van der Waals surface area contributed by atoms with Crippen molar-refractivity contribution in [2.24, 2.45) is 12.5 Å². The standard InChI is InChI=1S/C24H29BrClN5O2/c1-13-7-17-16(10-27-29(17)6)19(20(13)26)18-14(2)31(28-21(18)25)15-8-24(9-15)11-30(12-24)22(32)33-23(3,4)5/h7,10,15H,8-9,11-12H2,1-6H3. The van der Waals surface area contributed by atoms with Crippen LogP contribution in [0.5, 0.6) is 0 Å². The van der Waals surface area contributed by atoms with Crippen LogP contribution in [-0.2, 0) is 11.8 Å². The van der Waals surface area contributed by atoms with Crippen molar-refractivity contribution < 1.29 is 9.53 Å². The Morgan fingerprint density at radius 2 is 1.91 bits per heavy atom. The number of carbonyl (C=O) groups excluding carboxylic acids is 1. The zero-order chi connectivity index (χ0) is 23.9. The molecule has 1 amide bonds. The van der Waals surface area contributed by atoms with Crippen molar-refractivity contribution in [2.75, 3.05) is 13.1 Å². The van der Waals surface area contributed by atoms with Crippen LogP contribution in [0.2, 0.25) is 5.02 Å². The number of benzene rings is 1. The third-order valence-corrected chi connectivity index (χ3v) is 7.96. The number of fused-ring (bicyclic) bond motifs is 1. The first-order valence-corrected chi connectivity index (χ1v) is 12.4. The van der Waals surface area contributed by atoms with Gasteiger partial charge in [0, 0.05) is 47.8 Å². The molecule has 33 heavy (non-hydrogen) atoms. The number of hydrogen-bond acceptors (Lipinski definition) is 4. The molecule has 1 aromatic carbocycles. The first-order valence-electron chi connectivity index (χ1n) is 11.2. The molecule has 1 spiro atoms. The molecule has 0 atom stereocenters. The molecule has 3 heterocycles. The van der Waals surface area contributed by atoms with Gasteiger partial charge in [0.15, 0.2) is 0 Å². The molecule has 1 saturated heterocycles. The van der Waals surface area contributed by atoms with Crippen LogP contribution in [0.4, 0.5) is 4.79 Å². The molecule has 2 aliphatic rings. The van der Waals surface area contributed by atoms with Crippen molar-refractivity contribution in [3.05, 3.63) is 33.1 Å². The number of halogens is 2. The number of carbonyl (C=O) groups is 1. The minimum absolute atomic E-state index is 0.185. The van der Waals surface area contributed by atoms with Gasteiger partial charge in [-0.15, -0.1) is 0 Å². The highest BCUT2D eigenvalue weighted by molar-refractivity contribution is 9.10. The number of nitrogens with zero attached hydrogens (tertiary/aromatic N) is 5. The summed E-state index contributed by atoms with van der Waals surface area (Å²) in [6.07, 6.45) is 3.66. The second-order valence-electron chi connectivity index (χ2n) is 10.7. The average molecular weight is 535 g/mol. The average Bonchev–Trinajstić information content (AvgIpc) is 3.13. The molecule has 5 rings (SSSR count). The highest BCUT2D eigenvalue weighted by atomic mass is 79.9. The predicted octanol–water partition coefficient (Wildman–Crippen LogP) is 6.04. The van der Waals surface area contributed by atoms with E-state index in [0.717, 1.165) is 68.8 Å². The smallest absolute Gasteiger partial charge is 0.410 e. The molecular weight excluding hydrogens is 506 g/mol. The minimum atomic E-state index is -0.465. The lowest BCUT2D eigenvalue weighted by Gasteiger charge is -2.58. The molecule has 7 nitrogen and oxygen atoms in total. The summed E-state index contributed by atoms with van der Waals surface area (Å²) in [5.41, 5.74) is 4.86. The van der Waals surface area contributed by atoms with Gasteiger partial charge < -0.3 is 9.64 Å². The number of ether oxygens (including phenoxy) is 1. The molecular formula is C24H29BrClN5O2. The lowest BCUT2D eigenvalue weighted by atomic mass is 9.61. The van der Waals surface area contributed by atoms with Gasteiger partial charge in [0.2, 0.25) is 0 Å². The molecule has 3 aromatic rings. The number of likely N-dealkylation sites (tertiary alicyclic amines) is 1. The fourth-order valence-corrected chi connectivity index (χ4v) is 6.26. The molecule has 1 saturated carbocycles. The normalized spacial score (nSPS) is 18.0. The van der Waals surface area contributed by atoms with Crippen LogP contribution in [-0.4, -0.2) is 49.2 Å². The Balaban J connectivity index is 1.38. The maximum Gasteiger partial charge on any atom is 0.410 e. The van der Waals surface area contributed by atoms with Crippen LogP contribution in [0, 0.1) is 19.3 Å². The summed E-state index contributed by atoms with van der Waals surface area (Å²) in [5, 5.41) is 11.1. The lowest BCUT2D eigenvalue weighted by Crippen LogP contribution is -2.64. The second-order valence-corrected chi connectivity index (χ2v) is 11.8. The van der Waals surface area contributed by atoms with Crippen LogP contribution >= 0.6 is 27.5 Å². The Hall–Kier alpha value is -2.06. The molecule has 1 aliphatic heterocycles. The number of rotatable bonds is 2. The zero-order valence-electron chi connectivity index (χ0n) is 19.9. The van der Waals surface area contributed by atoms with Gasteiger partial charge in [0.1, 0.15) is 10.2 Å². The summed E-state index contributed by atoms with van der Waals surface area (Å²) >= 11 is 10.5. The maximum absolute atomic E-state index is 12.3. The van der Waals surface area contributed by atoms with Gasteiger partial charge in [-0.25, -0.2) is 4.79 Å². The molecule has 2 fully saturated rings. The fourth-order valence-electron chi connectivity index (χ4n) is 5.35. The van der Waals surface area contributed by atoms with Crippen molar-refractivity contribution in [2.45, 2.75) is 59.1 Å². The van der Waals surface area contributed by atoms with Crippen molar-refractivity contribution in [1.29, 1.82) is 0 Å². The van der Waals surface area contributed by atoms with Crippen molar-refractivity contribution in [1.82, 2.24) is 24.5 Å². The predicted molar refractivity (Wildman–Crippen MR) is 133 cm³/mol. The Morgan fingerprint density at radius 1 is 1.24 bits per heavy atom. The van der Waals surface area contributed by atoms with E-state index in [1.54, 1.807) is 0 Å². The Morgan fingerprint density at radius 3 is 2.55 bits per heavy atom. The van der Waals surface area contributed by atoms with Crippen LogP contribution in [0.1, 0.15) is 50.9 Å². The molecule has 176 valence electrons. The molecule has 1 aliphatic carbocycles. The lowest BCUT2D eigenvalue weighted by molar-refractivity contribution is -0.0931. The van der Waals surface area contributed by atoms with Gasteiger partial charge in [-0.3, -0.25) is 9.36 Å². The maximum atomic E-state index is 12.3. The fraction of sp³-hybridized carbons (Fsp3) is 0.542. The zero-order valence-corrected chi connectivity index (χ0v) is 22.2. The molecule has 0 N–H and O–H groups in total. The molecule has 0 radical (unpaired) electrons. The van der Waals surface area contributed by atoms with Gasteiger partial charge >= 0.3 is 6.09 Å². The quantitative estimate of drug-likeness (QED) is 0.402. The summed E-state index contributed by atoms with van der Waals surface area (Å²) in [5.74, 6) is 0. The molecule has 0 unspecified atom stereocenters. The van der Waals surface area contributed by atoms with E-state index < -0.39 is 5.60 Å². The van der Waals surface area contributed by atoms with Gasteiger partial charge in [-0.1, -0.05) is 11.6 Å². The monoisotopic (exact) mass is 533 g/mol. The van der Waals surface area contributed by atoms with Crippen LogP contribution in [0.3, 0.4) is 0 Å². The summed E-state index contributed by atoms with van der Waals surface area (Å²) in [4.78, 5) is 14.1. The van der Waals surface area contributed by atoms with Crippen molar-refractivity contribution >= 4 is 44.5 Å². The first kappa shape index (κ1) is 22.7. The van der Waals surface area contributed by atoms with Crippen molar-refractivity contribution in [3.8, 4) is 11.1 Å². The molecule has 0 bridgehead atoms. The van der Waals surface area contributed by atoms with E-state index in [1.165, 1.54) is 0 Å². The van der Waals surface area contributed by atoms with Crippen LogP contribution < -0.4 is 0 Å². The van der Waals surface area contributed by atoms with E-state index in [9.17, 15) is 4.79 Å². The van der Waals surface area contributed by atoms with Gasteiger partial charge in [0.25, 0.3) is 0 Å². The number of aryl methyl sites for hydroxylation is 2. The topological polar surface area (TPSA) is 65.2 Å². The van der Waals surface area contributed by atoms with Crippen molar-refractivity contribution in [3.63, 3.8) is 0 Å². The molecule has 2 aromatic heterocycles. The summed E-state index contributed by atoms with van der Waals surface area (Å²) in [6.45, 7) is 11.3. The summed E-state index contributed by atoms with van der Waals surface area (Å²) in [6, 6.07) is 2.38. The third-order valence-electron chi connectivity index (χ3n) is 6.92. The Kier molecular flexibility index (Phi) is 5.14. The SMILES string of the molecule is Cc1cc2c(cnn2C)c(-c2c(Br)nn(C3CC4(C3)CN(C(=O)OC(C)(C)C)C4)c2C)c1Cl. The first-order chi connectivity index (χ1) is 15.4. The highest BCUT2D eigenvalue weighted by Gasteiger charge is 2.55. The van der Waals surface area contributed by atoms with E-state index in [4.69, 9.17) is 21.4 Å². The summed E-state index contributed by atoms with van der Waals surface area (Å²) < 4.78 is 10.3. The van der Waals surface area contributed by atoms with Gasteiger partial charge in [-0.05, 0) is 75.0 Å². The van der Waals surface area contributed by atoms with E-state index in [0.29, 0.717) is 6.04 Å². The number of amides is 1. The Bertz CT molecular complexity index is 1270. The minimum Gasteiger partial charge on any atom is -0.444 e. The highest BCUT2D eigenvalue weighted by Crippen LogP contribution is 2.55. The van der Waals surface area contributed by atoms with Gasteiger partial charge in [0.05, 0.1) is 22.8 Å². The summed E-state index contributed by atoms with van der Waals surface area (Å²) in [7, 11) is 1.94. The van der Waals surface area contributed by atoms with E-state index in [1.807, 2.05) is 50.5 Å². The van der Waals surface area contributed by atoms with E-state index in [2.05, 4.69) is 38.7 Å². The van der Waals surface area contributed by atoms with E-state index >= 15 is 0 Å².